The van der Waals surface area contributed by atoms with Gasteiger partial charge in [0.2, 0.25) is 0 Å². The van der Waals surface area contributed by atoms with Gasteiger partial charge in [-0.2, -0.15) is 0 Å². The standard InChI is InChI=1S/C13H15ClF3NO/c14-10-2-1-9(11(15)7-10)8-18-5-3-13(19,4-6-18)12(16)17/h1-2,7,12,19H,3-6,8H2. The van der Waals surface area contributed by atoms with E-state index in [4.69, 9.17) is 11.6 Å². The number of rotatable bonds is 3. The fourth-order valence-corrected chi connectivity index (χ4v) is 2.37. The van der Waals surface area contributed by atoms with E-state index in [2.05, 4.69) is 0 Å². The maximum Gasteiger partial charge on any atom is 0.266 e. The summed E-state index contributed by atoms with van der Waals surface area (Å²) in [5.74, 6) is -0.401. The second-order valence-electron chi connectivity index (χ2n) is 4.92. The van der Waals surface area contributed by atoms with Gasteiger partial charge in [-0.1, -0.05) is 17.7 Å². The predicted molar refractivity (Wildman–Crippen MR) is 66.9 cm³/mol. The molecule has 0 spiro atoms. The highest BCUT2D eigenvalue weighted by atomic mass is 35.5. The summed E-state index contributed by atoms with van der Waals surface area (Å²) in [6.45, 7) is 0.980. The van der Waals surface area contributed by atoms with Crippen LogP contribution in [0.2, 0.25) is 5.02 Å². The van der Waals surface area contributed by atoms with Gasteiger partial charge in [-0.25, -0.2) is 13.2 Å². The third-order valence-electron chi connectivity index (χ3n) is 3.54. The molecule has 1 fully saturated rings. The molecule has 106 valence electrons. The topological polar surface area (TPSA) is 23.5 Å². The van der Waals surface area contributed by atoms with E-state index in [1.54, 1.807) is 12.1 Å². The van der Waals surface area contributed by atoms with E-state index in [-0.39, 0.29) is 12.8 Å². The van der Waals surface area contributed by atoms with Crippen molar-refractivity contribution in [1.82, 2.24) is 4.90 Å². The summed E-state index contributed by atoms with van der Waals surface area (Å²) in [6, 6.07) is 4.42. The molecule has 0 aliphatic carbocycles. The van der Waals surface area contributed by atoms with Gasteiger partial charge in [0.05, 0.1) is 0 Å². The molecule has 1 N–H and O–H groups in total. The third-order valence-corrected chi connectivity index (χ3v) is 3.77. The van der Waals surface area contributed by atoms with Gasteiger partial charge in [0.1, 0.15) is 11.4 Å². The SMILES string of the molecule is OC1(C(F)F)CCN(Cc2ccc(Cl)cc2F)CC1. The molecule has 1 saturated heterocycles. The van der Waals surface area contributed by atoms with Crippen molar-refractivity contribution in [1.29, 1.82) is 0 Å². The van der Waals surface area contributed by atoms with Crippen molar-refractivity contribution >= 4 is 11.6 Å². The summed E-state index contributed by atoms with van der Waals surface area (Å²) in [5, 5.41) is 9.98. The maximum absolute atomic E-state index is 13.6. The number of aliphatic hydroxyl groups is 1. The van der Waals surface area contributed by atoms with E-state index >= 15 is 0 Å². The quantitative estimate of drug-likeness (QED) is 0.926. The summed E-state index contributed by atoms with van der Waals surface area (Å²) < 4.78 is 38.9. The molecule has 1 aliphatic heterocycles. The lowest BCUT2D eigenvalue weighted by molar-refractivity contribution is -0.127. The van der Waals surface area contributed by atoms with Crippen molar-refractivity contribution in [2.24, 2.45) is 0 Å². The van der Waals surface area contributed by atoms with Crippen LogP contribution in [0, 0.1) is 5.82 Å². The smallest absolute Gasteiger partial charge is 0.266 e. The Bertz CT molecular complexity index is 448. The first-order chi connectivity index (χ1) is 8.90. The van der Waals surface area contributed by atoms with E-state index < -0.39 is 17.8 Å². The van der Waals surface area contributed by atoms with Gasteiger partial charge >= 0.3 is 0 Å². The molecule has 19 heavy (non-hydrogen) atoms. The minimum Gasteiger partial charge on any atom is -0.384 e. The number of likely N-dealkylation sites (tertiary alicyclic amines) is 1. The van der Waals surface area contributed by atoms with E-state index in [0.717, 1.165) is 0 Å². The number of hydrogen-bond acceptors (Lipinski definition) is 2. The van der Waals surface area contributed by atoms with Crippen molar-refractivity contribution in [2.75, 3.05) is 13.1 Å². The molecular weight excluding hydrogens is 279 g/mol. The Kier molecular flexibility index (Phi) is 4.38. The molecule has 0 aromatic heterocycles. The van der Waals surface area contributed by atoms with Crippen LogP contribution < -0.4 is 0 Å². The highest BCUT2D eigenvalue weighted by Crippen LogP contribution is 2.29. The van der Waals surface area contributed by atoms with E-state index in [0.29, 0.717) is 30.2 Å². The molecule has 1 heterocycles. The first-order valence-electron chi connectivity index (χ1n) is 6.07. The van der Waals surface area contributed by atoms with Crippen LogP contribution in [-0.2, 0) is 6.54 Å². The van der Waals surface area contributed by atoms with Crippen LogP contribution in [0.4, 0.5) is 13.2 Å². The third kappa shape index (κ3) is 3.41. The largest absolute Gasteiger partial charge is 0.384 e. The summed E-state index contributed by atoms with van der Waals surface area (Å²) in [7, 11) is 0. The van der Waals surface area contributed by atoms with Crippen LogP contribution in [0.25, 0.3) is 0 Å². The molecule has 0 atom stereocenters. The lowest BCUT2D eigenvalue weighted by Crippen LogP contribution is -2.48. The molecule has 0 radical (unpaired) electrons. The molecule has 1 aromatic rings. The second kappa shape index (κ2) is 5.69. The minimum atomic E-state index is -2.73. The van der Waals surface area contributed by atoms with Crippen molar-refractivity contribution in [3.05, 3.63) is 34.6 Å². The fraction of sp³-hybridized carbons (Fsp3) is 0.538. The molecule has 0 saturated carbocycles. The number of nitrogens with zero attached hydrogens (tertiary/aromatic N) is 1. The zero-order valence-electron chi connectivity index (χ0n) is 10.3. The summed E-state index contributed by atoms with van der Waals surface area (Å²) >= 11 is 5.66. The van der Waals surface area contributed by atoms with Crippen LogP contribution in [0.1, 0.15) is 18.4 Å². The second-order valence-corrected chi connectivity index (χ2v) is 5.35. The van der Waals surface area contributed by atoms with Crippen LogP contribution in [0.5, 0.6) is 0 Å². The Morgan fingerprint density at radius 1 is 1.32 bits per heavy atom. The molecular formula is C13H15ClF3NO. The summed E-state index contributed by atoms with van der Waals surface area (Å²) in [4.78, 5) is 1.85. The van der Waals surface area contributed by atoms with Crippen molar-refractivity contribution in [3.63, 3.8) is 0 Å². The molecule has 0 bridgehead atoms. The van der Waals surface area contributed by atoms with Gasteiger partial charge in [-0.3, -0.25) is 4.90 Å². The van der Waals surface area contributed by atoms with Crippen LogP contribution in [0.3, 0.4) is 0 Å². The average Bonchev–Trinajstić information content (AvgIpc) is 2.35. The van der Waals surface area contributed by atoms with E-state index in [9.17, 15) is 18.3 Å². The first-order valence-corrected chi connectivity index (χ1v) is 6.45. The predicted octanol–water partition coefficient (Wildman–Crippen LogP) is 3.07. The Morgan fingerprint density at radius 3 is 2.47 bits per heavy atom. The zero-order chi connectivity index (χ0) is 14.0. The monoisotopic (exact) mass is 293 g/mol. The zero-order valence-corrected chi connectivity index (χ0v) is 11.0. The number of halogens is 4. The highest BCUT2D eigenvalue weighted by Gasteiger charge is 2.40. The van der Waals surface area contributed by atoms with Crippen LogP contribution in [-0.4, -0.2) is 35.1 Å². The Morgan fingerprint density at radius 2 is 1.95 bits per heavy atom. The molecule has 0 unspecified atom stereocenters. The highest BCUT2D eigenvalue weighted by molar-refractivity contribution is 6.30. The molecule has 6 heteroatoms. The Labute approximate surface area is 114 Å². The van der Waals surface area contributed by atoms with Gasteiger partial charge in [0.25, 0.3) is 6.43 Å². The molecule has 1 aliphatic rings. The fourth-order valence-electron chi connectivity index (χ4n) is 2.21. The molecule has 0 amide bonds. The number of hydrogen-bond donors (Lipinski definition) is 1. The number of alkyl halides is 2. The summed E-state index contributed by atoms with van der Waals surface area (Å²) in [5.41, 5.74) is -1.42. The first kappa shape index (κ1) is 14.6. The molecule has 1 aromatic carbocycles. The molecule has 2 rings (SSSR count). The van der Waals surface area contributed by atoms with Gasteiger partial charge < -0.3 is 5.11 Å². The maximum atomic E-state index is 13.6. The Hall–Kier alpha value is -0.780. The van der Waals surface area contributed by atoms with Crippen LogP contribution >= 0.6 is 11.6 Å². The van der Waals surface area contributed by atoms with Gasteiger partial charge in [-0.05, 0) is 25.0 Å². The lowest BCUT2D eigenvalue weighted by Gasteiger charge is -2.37. The normalized spacial score (nSPS) is 19.9. The average molecular weight is 294 g/mol. The Balaban J connectivity index is 1.96. The van der Waals surface area contributed by atoms with Crippen LogP contribution in [0.15, 0.2) is 18.2 Å². The minimum absolute atomic E-state index is 0.000124. The van der Waals surface area contributed by atoms with Gasteiger partial charge in [0, 0.05) is 30.2 Å². The number of benzene rings is 1. The van der Waals surface area contributed by atoms with Crippen molar-refractivity contribution < 1.29 is 18.3 Å². The summed E-state index contributed by atoms with van der Waals surface area (Å²) in [6.07, 6.45) is -2.73. The van der Waals surface area contributed by atoms with Crippen molar-refractivity contribution in [3.8, 4) is 0 Å². The van der Waals surface area contributed by atoms with Gasteiger partial charge in [-0.15, -0.1) is 0 Å². The number of piperidine rings is 1. The van der Waals surface area contributed by atoms with Gasteiger partial charge in [0.15, 0.2) is 0 Å². The molecule has 2 nitrogen and oxygen atoms in total. The van der Waals surface area contributed by atoms with Crippen molar-refractivity contribution in [2.45, 2.75) is 31.4 Å². The van der Waals surface area contributed by atoms with E-state index in [1.807, 2.05) is 4.90 Å². The van der Waals surface area contributed by atoms with E-state index in [1.165, 1.54) is 6.07 Å². The lowest BCUT2D eigenvalue weighted by atomic mass is 9.92.